The van der Waals surface area contributed by atoms with Gasteiger partial charge in [0.1, 0.15) is 0 Å². The van der Waals surface area contributed by atoms with Gasteiger partial charge in [-0.3, -0.25) is 4.79 Å². The molecule has 6 heteroatoms. The van der Waals surface area contributed by atoms with Crippen molar-refractivity contribution >= 4 is 11.6 Å². The third-order valence-electron chi connectivity index (χ3n) is 3.93. The third-order valence-corrected chi connectivity index (χ3v) is 3.93. The molecule has 150 valence electrons. The van der Waals surface area contributed by atoms with Crippen LogP contribution in [0.1, 0.15) is 31.9 Å². The number of rotatable bonds is 11. The number of nitrogens with zero attached hydrogens (tertiary/aromatic N) is 1. The Bertz CT molecular complexity index is 775. The Kier molecular flexibility index (Phi) is 8.85. The zero-order valence-corrected chi connectivity index (χ0v) is 16.7. The molecular weight excluding hydrogens is 356 g/mol. The topological polar surface area (TPSA) is 69.2 Å². The summed E-state index contributed by atoms with van der Waals surface area (Å²) in [7, 11) is 0. The summed E-state index contributed by atoms with van der Waals surface area (Å²) in [5.74, 6) is 1.25. The van der Waals surface area contributed by atoms with E-state index in [1.807, 2.05) is 69.3 Å². The van der Waals surface area contributed by atoms with Crippen molar-refractivity contribution in [1.82, 2.24) is 5.32 Å². The molecule has 0 aliphatic carbocycles. The van der Waals surface area contributed by atoms with Crippen molar-refractivity contribution in [3.63, 3.8) is 0 Å². The fourth-order valence-electron chi connectivity index (χ4n) is 2.57. The predicted molar refractivity (Wildman–Crippen MR) is 110 cm³/mol. The second-order valence-electron chi connectivity index (χ2n) is 6.06. The van der Waals surface area contributed by atoms with E-state index in [1.165, 1.54) is 0 Å². The van der Waals surface area contributed by atoms with Gasteiger partial charge in [-0.25, -0.2) is 0 Å². The van der Waals surface area contributed by atoms with Crippen molar-refractivity contribution in [2.24, 2.45) is 5.16 Å². The maximum atomic E-state index is 11.9. The molecule has 0 aromatic heterocycles. The summed E-state index contributed by atoms with van der Waals surface area (Å²) in [6, 6.07) is 15.5. The Morgan fingerprint density at radius 2 is 1.71 bits per heavy atom. The predicted octanol–water partition coefficient (Wildman–Crippen LogP) is 3.58. The largest absolute Gasteiger partial charge is 0.490 e. The molecule has 2 rings (SSSR count). The van der Waals surface area contributed by atoms with Crippen LogP contribution in [0.3, 0.4) is 0 Å². The van der Waals surface area contributed by atoms with E-state index >= 15 is 0 Å². The van der Waals surface area contributed by atoms with Gasteiger partial charge in [-0.05, 0) is 50.5 Å². The van der Waals surface area contributed by atoms with Crippen LogP contribution in [-0.2, 0) is 16.1 Å². The van der Waals surface area contributed by atoms with Crippen LogP contribution < -0.4 is 14.8 Å². The van der Waals surface area contributed by atoms with Crippen LogP contribution in [0.2, 0.25) is 0 Å². The van der Waals surface area contributed by atoms with E-state index in [0.29, 0.717) is 26.2 Å². The van der Waals surface area contributed by atoms with Gasteiger partial charge < -0.3 is 19.6 Å². The van der Waals surface area contributed by atoms with E-state index in [4.69, 9.17) is 14.3 Å². The second-order valence-corrected chi connectivity index (χ2v) is 6.06. The smallest absolute Gasteiger partial charge is 0.260 e. The lowest BCUT2D eigenvalue weighted by Crippen LogP contribution is -2.29. The zero-order chi connectivity index (χ0) is 20.2. The molecule has 2 aromatic carbocycles. The number of ether oxygens (including phenoxy) is 2. The Morgan fingerprint density at radius 1 is 1.00 bits per heavy atom. The molecule has 0 unspecified atom stereocenters. The second kappa shape index (κ2) is 11.6. The first kappa shape index (κ1) is 21.3. The average Bonchev–Trinajstić information content (AvgIpc) is 2.71. The number of nitrogens with one attached hydrogen (secondary N) is 1. The lowest BCUT2D eigenvalue weighted by atomic mass is 10.1. The quantitative estimate of drug-likeness (QED) is 0.475. The first-order valence-electron chi connectivity index (χ1n) is 9.51. The maximum Gasteiger partial charge on any atom is 0.260 e. The number of carbonyl (C=O) groups is 1. The minimum Gasteiger partial charge on any atom is -0.490 e. The molecule has 0 bridgehead atoms. The highest BCUT2D eigenvalue weighted by Crippen LogP contribution is 2.28. The highest BCUT2D eigenvalue weighted by Gasteiger charge is 2.07. The van der Waals surface area contributed by atoms with Crippen molar-refractivity contribution < 1.29 is 19.1 Å². The van der Waals surface area contributed by atoms with Gasteiger partial charge in [-0.2, -0.15) is 0 Å². The van der Waals surface area contributed by atoms with E-state index in [1.54, 1.807) is 0 Å². The lowest BCUT2D eigenvalue weighted by Gasteiger charge is -2.12. The maximum absolute atomic E-state index is 11.9. The van der Waals surface area contributed by atoms with Crippen LogP contribution in [0.25, 0.3) is 0 Å². The molecular formula is C22H28N2O4. The minimum absolute atomic E-state index is 0.113. The molecule has 0 spiro atoms. The van der Waals surface area contributed by atoms with Gasteiger partial charge in [0.15, 0.2) is 18.1 Å². The van der Waals surface area contributed by atoms with Gasteiger partial charge in [-0.1, -0.05) is 41.6 Å². The summed E-state index contributed by atoms with van der Waals surface area (Å²) in [6.45, 7) is 7.26. The molecule has 0 saturated carbocycles. The Morgan fingerprint density at radius 3 is 2.43 bits per heavy atom. The van der Waals surface area contributed by atoms with Crippen molar-refractivity contribution in [3.8, 4) is 11.5 Å². The van der Waals surface area contributed by atoms with Crippen LogP contribution in [0.15, 0.2) is 53.7 Å². The van der Waals surface area contributed by atoms with E-state index < -0.39 is 0 Å². The van der Waals surface area contributed by atoms with E-state index in [9.17, 15) is 4.79 Å². The van der Waals surface area contributed by atoms with Crippen LogP contribution in [0.4, 0.5) is 0 Å². The fourth-order valence-corrected chi connectivity index (χ4v) is 2.57. The molecule has 0 atom stereocenters. The Hall–Kier alpha value is -3.02. The lowest BCUT2D eigenvalue weighted by molar-refractivity contribution is -0.125. The number of hydrogen-bond acceptors (Lipinski definition) is 5. The summed E-state index contributed by atoms with van der Waals surface area (Å²) in [4.78, 5) is 17.1. The molecule has 1 amide bonds. The van der Waals surface area contributed by atoms with Gasteiger partial charge in [0, 0.05) is 6.54 Å². The zero-order valence-electron chi connectivity index (χ0n) is 16.7. The summed E-state index contributed by atoms with van der Waals surface area (Å²) < 4.78 is 11.2. The molecule has 2 aromatic rings. The van der Waals surface area contributed by atoms with Crippen molar-refractivity contribution in [2.75, 3.05) is 26.4 Å². The third kappa shape index (κ3) is 6.95. The standard InChI is InChI=1S/C22H28N2O4/c1-4-26-20-12-11-18(15-21(20)27-5-2)13-14-23-22(25)16-28-24-17(3)19-9-7-6-8-10-19/h6-12,15H,4-5,13-14,16H2,1-3H3,(H,23,25)/b24-17+. The average molecular weight is 384 g/mol. The highest BCUT2D eigenvalue weighted by molar-refractivity contribution is 5.98. The molecule has 0 aliphatic heterocycles. The number of carbonyl (C=O) groups excluding carboxylic acids is 1. The van der Waals surface area contributed by atoms with Gasteiger partial charge in [-0.15, -0.1) is 0 Å². The SMILES string of the molecule is CCOc1ccc(CCNC(=O)CO/N=C(\C)c2ccccc2)cc1OCC. The van der Waals surface area contributed by atoms with Crippen molar-refractivity contribution in [2.45, 2.75) is 27.2 Å². The molecule has 1 N–H and O–H groups in total. The molecule has 0 radical (unpaired) electrons. The number of hydrogen-bond donors (Lipinski definition) is 1. The van der Waals surface area contributed by atoms with Crippen LogP contribution in [0, 0.1) is 0 Å². The van der Waals surface area contributed by atoms with E-state index in [2.05, 4.69) is 10.5 Å². The first-order valence-corrected chi connectivity index (χ1v) is 9.51. The summed E-state index contributed by atoms with van der Waals surface area (Å²) in [5.41, 5.74) is 2.75. The van der Waals surface area contributed by atoms with Crippen molar-refractivity contribution in [3.05, 3.63) is 59.7 Å². The number of amides is 1. The fraction of sp³-hybridized carbons (Fsp3) is 0.364. The summed E-state index contributed by atoms with van der Waals surface area (Å²) in [5, 5.41) is 6.82. The van der Waals surface area contributed by atoms with E-state index in [-0.39, 0.29) is 12.5 Å². The highest BCUT2D eigenvalue weighted by atomic mass is 16.6. The Balaban J connectivity index is 1.76. The first-order chi connectivity index (χ1) is 13.6. The molecule has 0 aliphatic rings. The van der Waals surface area contributed by atoms with Crippen LogP contribution in [0.5, 0.6) is 11.5 Å². The number of oxime groups is 1. The monoisotopic (exact) mass is 384 g/mol. The molecule has 0 saturated heterocycles. The molecule has 0 fully saturated rings. The molecule has 28 heavy (non-hydrogen) atoms. The number of benzene rings is 2. The van der Waals surface area contributed by atoms with E-state index in [0.717, 1.165) is 28.3 Å². The summed E-state index contributed by atoms with van der Waals surface area (Å²) in [6.07, 6.45) is 0.685. The Labute approximate surface area is 166 Å². The van der Waals surface area contributed by atoms with Gasteiger partial charge in [0.25, 0.3) is 5.91 Å². The van der Waals surface area contributed by atoms with Gasteiger partial charge in [0.2, 0.25) is 0 Å². The molecule has 6 nitrogen and oxygen atoms in total. The van der Waals surface area contributed by atoms with Gasteiger partial charge >= 0.3 is 0 Å². The molecule has 0 heterocycles. The minimum atomic E-state index is -0.208. The van der Waals surface area contributed by atoms with Crippen LogP contribution in [-0.4, -0.2) is 38.0 Å². The van der Waals surface area contributed by atoms with Gasteiger partial charge in [0.05, 0.1) is 18.9 Å². The summed E-state index contributed by atoms with van der Waals surface area (Å²) >= 11 is 0. The van der Waals surface area contributed by atoms with Crippen molar-refractivity contribution in [1.29, 1.82) is 0 Å². The van der Waals surface area contributed by atoms with Crippen LogP contribution >= 0.6 is 0 Å². The normalized spacial score (nSPS) is 11.0.